The Morgan fingerprint density at radius 3 is 2.78 bits per heavy atom. The number of amides is 1. The van der Waals surface area contributed by atoms with Gasteiger partial charge < -0.3 is 14.5 Å². The van der Waals surface area contributed by atoms with Crippen molar-refractivity contribution in [2.75, 3.05) is 19.6 Å². The van der Waals surface area contributed by atoms with Crippen molar-refractivity contribution in [3.05, 3.63) is 77.3 Å². The van der Waals surface area contributed by atoms with Gasteiger partial charge in [-0.15, -0.1) is 0 Å². The molecule has 1 saturated heterocycles. The number of nitrogens with zero attached hydrogens (tertiary/aromatic N) is 3. The van der Waals surface area contributed by atoms with E-state index in [9.17, 15) is 4.79 Å². The van der Waals surface area contributed by atoms with Crippen LogP contribution in [0, 0.1) is 6.92 Å². The first-order valence-electron chi connectivity index (χ1n) is 11.3. The van der Waals surface area contributed by atoms with Gasteiger partial charge in [0.05, 0.1) is 5.69 Å². The number of likely N-dealkylation sites (tertiary alicyclic amines) is 1. The van der Waals surface area contributed by atoms with Crippen molar-refractivity contribution in [1.29, 1.82) is 0 Å². The number of aryl methyl sites for hydroxylation is 1. The molecule has 1 N–H and O–H groups in total. The number of piperidine rings is 1. The number of aromatic nitrogens is 2. The minimum Gasteiger partial charge on any atom is -0.487 e. The van der Waals surface area contributed by atoms with Gasteiger partial charge in [0.25, 0.3) is 5.91 Å². The average molecular weight is 433 g/mol. The van der Waals surface area contributed by atoms with Gasteiger partial charge in [-0.1, -0.05) is 23.8 Å². The number of rotatable bonds is 7. The Hall–Kier alpha value is -3.12. The summed E-state index contributed by atoms with van der Waals surface area (Å²) in [5.74, 6) is 0.629. The van der Waals surface area contributed by atoms with Gasteiger partial charge in [-0.25, -0.2) is 4.98 Å². The fraction of sp³-hybridized carbons (Fsp3) is 0.385. The topological polar surface area (TPSA) is 58.9 Å². The molecule has 0 bridgehead atoms. The second-order valence-corrected chi connectivity index (χ2v) is 8.85. The lowest BCUT2D eigenvalue weighted by Crippen LogP contribution is -2.44. The van der Waals surface area contributed by atoms with Crippen molar-refractivity contribution in [3.63, 3.8) is 0 Å². The van der Waals surface area contributed by atoms with E-state index >= 15 is 0 Å². The summed E-state index contributed by atoms with van der Waals surface area (Å²) < 4.78 is 7.93. The predicted octanol–water partition coefficient (Wildman–Crippen LogP) is 4.38. The van der Waals surface area contributed by atoms with E-state index in [0.717, 1.165) is 43.8 Å². The monoisotopic (exact) mass is 432 g/mol. The van der Waals surface area contributed by atoms with E-state index in [0.29, 0.717) is 17.9 Å². The summed E-state index contributed by atoms with van der Waals surface area (Å²) in [7, 11) is 0. The van der Waals surface area contributed by atoms with Crippen LogP contribution in [0.3, 0.4) is 0 Å². The maximum absolute atomic E-state index is 12.8. The largest absolute Gasteiger partial charge is 0.487 e. The van der Waals surface area contributed by atoms with Crippen molar-refractivity contribution >= 4 is 11.6 Å². The van der Waals surface area contributed by atoms with E-state index < -0.39 is 0 Å². The maximum Gasteiger partial charge on any atom is 0.251 e. The first-order chi connectivity index (χ1) is 15.5. The van der Waals surface area contributed by atoms with E-state index in [4.69, 9.17) is 4.74 Å². The van der Waals surface area contributed by atoms with Crippen LogP contribution in [0.2, 0.25) is 0 Å². The van der Waals surface area contributed by atoms with Crippen molar-refractivity contribution < 1.29 is 9.53 Å². The molecule has 1 fully saturated rings. The Labute approximate surface area is 189 Å². The number of allylic oxidation sites excluding steroid dienone is 1. The van der Waals surface area contributed by atoms with Crippen LogP contribution >= 0.6 is 0 Å². The van der Waals surface area contributed by atoms with E-state index in [1.165, 1.54) is 11.1 Å². The molecule has 32 heavy (non-hydrogen) atoms. The van der Waals surface area contributed by atoms with Crippen molar-refractivity contribution in [3.8, 4) is 5.75 Å². The third-order valence-electron chi connectivity index (χ3n) is 5.81. The minimum atomic E-state index is -0.0404. The van der Waals surface area contributed by atoms with Crippen LogP contribution < -0.4 is 10.1 Å². The Kier molecular flexibility index (Phi) is 6.90. The van der Waals surface area contributed by atoms with Crippen LogP contribution in [0.4, 0.5) is 0 Å². The lowest BCUT2D eigenvalue weighted by Gasteiger charge is -2.31. The minimum absolute atomic E-state index is 0.0404. The summed E-state index contributed by atoms with van der Waals surface area (Å²) in [6, 6.07) is 11.6. The second kappa shape index (κ2) is 10.0. The molecule has 3 heterocycles. The van der Waals surface area contributed by atoms with Crippen molar-refractivity contribution in [2.45, 2.75) is 46.3 Å². The number of imidazole rings is 1. The number of ether oxygens (including phenoxy) is 1. The fourth-order valence-electron chi connectivity index (χ4n) is 3.95. The van der Waals surface area contributed by atoms with E-state index in [2.05, 4.69) is 42.0 Å². The van der Waals surface area contributed by atoms with Crippen LogP contribution in [-0.2, 0) is 6.61 Å². The van der Waals surface area contributed by atoms with Gasteiger partial charge in [0.1, 0.15) is 18.0 Å². The van der Waals surface area contributed by atoms with Gasteiger partial charge in [0.2, 0.25) is 0 Å². The average Bonchev–Trinajstić information content (AvgIpc) is 3.19. The molecule has 0 radical (unpaired) electrons. The SMILES string of the molecule is CC(C)=CCN1CCC(NC(=O)c2cccc(OCc3cn4cc(C)ccc4n3)c2)CC1. The van der Waals surface area contributed by atoms with Gasteiger partial charge in [0.15, 0.2) is 0 Å². The molecule has 0 spiro atoms. The molecular weight excluding hydrogens is 400 g/mol. The molecule has 0 unspecified atom stereocenters. The smallest absolute Gasteiger partial charge is 0.251 e. The van der Waals surface area contributed by atoms with Crippen LogP contribution in [0.15, 0.2) is 60.4 Å². The number of carbonyl (C=O) groups excluding carboxylic acids is 1. The fourth-order valence-corrected chi connectivity index (χ4v) is 3.95. The highest BCUT2D eigenvalue weighted by atomic mass is 16.5. The number of nitrogens with one attached hydrogen (secondary N) is 1. The Morgan fingerprint density at radius 2 is 2.00 bits per heavy atom. The molecule has 6 heteroatoms. The molecule has 1 aromatic carbocycles. The summed E-state index contributed by atoms with van der Waals surface area (Å²) in [4.78, 5) is 19.8. The Balaban J connectivity index is 1.30. The van der Waals surface area contributed by atoms with Gasteiger partial charge in [-0.3, -0.25) is 9.69 Å². The summed E-state index contributed by atoms with van der Waals surface area (Å²) in [6.45, 7) is 9.68. The molecule has 6 nitrogen and oxygen atoms in total. The molecular formula is C26H32N4O2. The normalized spacial score (nSPS) is 15.0. The van der Waals surface area contributed by atoms with Crippen LogP contribution in [0.5, 0.6) is 5.75 Å². The first kappa shape index (κ1) is 22.1. The van der Waals surface area contributed by atoms with Crippen molar-refractivity contribution in [1.82, 2.24) is 19.6 Å². The number of hydrogen-bond donors (Lipinski definition) is 1. The molecule has 1 aliphatic heterocycles. The van der Waals surface area contributed by atoms with Crippen molar-refractivity contribution in [2.24, 2.45) is 0 Å². The lowest BCUT2D eigenvalue weighted by atomic mass is 10.0. The quantitative estimate of drug-likeness (QED) is 0.563. The van der Waals surface area contributed by atoms with Gasteiger partial charge in [0, 0.05) is 43.6 Å². The summed E-state index contributed by atoms with van der Waals surface area (Å²) in [5, 5.41) is 3.19. The molecule has 0 saturated carbocycles. The Bertz CT molecular complexity index is 1110. The third kappa shape index (κ3) is 5.77. The van der Waals surface area contributed by atoms with Crippen LogP contribution in [0.25, 0.3) is 5.65 Å². The highest BCUT2D eigenvalue weighted by molar-refractivity contribution is 5.94. The summed E-state index contributed by atoms with van der Waals surface area (Å²) >= 11 is 0. The first-order valence-corrected chi connectivity index (χ1v) is 11.3. The zero-order chi connectivity index (χ0) is 22.5. The van der Waals surface area contributed by atoms with E-state index in [1.807, 2.05) is 47.1 Å². The van der Waals surface area contributed by atoms with E-state index in [-0.39, 0.29) is 11.9 Å². The zero-order valence-electron chi connectivity index (χ0n) is 19.2. The maximum atomic E-state index is 12.8. The van der Waals surface area contributed by atoms with Gasteiger partial charge >= 0.3 is 0 Å². The zero-order valence-corrected chi connectivity index (χ0v) is 19.2. The number of pyridine rings is 1. The molecule has 3 aromatic rings. The highest BCUT2D eigenvalue weighted by Crippen LogP contribution is 2.17. The molecule has 1 amide bonds. The molecule has 1 aliphatic rings. The van der Waals surface area contributed by atoms with Gasteiger partial charge in [-0.05, 0) is 63.4 Å². The standard InChI is InChI=1S/C26H32N4O2/c1-19(2)9-12-29-13-10-22(11-14-29)28-26(31)21-5-4-6-24(15-21)32-18-23-17-30-16-20(3)7-8-25(30)27-23/h4-9,15-17,22H,10-14,18H2,1-3H3,(H,28,31). The third-order valence-corrected chi connectivity index (χ3v) is 5.81. The molecule has 0 aliphatic carbocycles. The van der Waals surface area contributed by atoms with Crippen LogP contribution in [0.1, 0.15) is 48.3 Å². The molecule has 168 valence electrons. The van der Waals surface area contributed by atoms with E-state index in [1.54, 1.807) is 6.07 Å². The molecule has 4 rings (SSSR count). The molecule has 0 atom stereocenters. The number of hydrogen-bond acceptors (Lipinski definition) is 4. The number of fused-ring (bicyclic) bond motifs is 1. The Morgan fingerprint density at radius 1 is 1.19 bits per heavy atom. The summed E-state index contributed by atoms with van der Waals surface area (Å²) in [6.07, 6.45) is 8.24. The predicted molar refractivity (Wildman–Crippen MR) is 127 cm³/mol. The highest BCUT2D eigenvalue weighted by Gasteiger charge is 2.20. The lowest BCUT2D eigenvalue weighted by molar-refractivity contribution is 0.0913. The van der Waals surface area contributed by atoms with Gasteiger partial charge in [-0.2, -0.15) is 0 Å². The molecule has 2 aromatic heterocycles. The summed E-state index contributed by atoms with van der Waals surface area (Å²) in [5.41, 5.74) is 4.90. The number of benzene rings is 1. The second-order valence-electron chi connectivity index (χ2n) is 8.85. The van der Waals surface area contributed by atoms with Crippen LogP contribution in [-0.4, -0.2) is 45.9 Å². The number of carbonyl (C=O) groups is 1.